The number of halogens is 2. The average molecular weight is 341 g/mol. The third-order valence-electron chi connectivity index (χ3n) is 4.93. The molecule has 126 valence electrons. The number of benzene rings is 1. The topological polar surface area (TPSA) is 29.5 Å². The number of carbonyl (C=O) groups excluding carboxylic acids is 1. The van der Waals surface area contributed by atoms with Crippen LogP contribution in [0.4, 0.5) is 8.78 Å². The summed E-state index contributed by atoms with van der Waals surface area (Å²) in [5.74, 6) is -0.374. The quantitative estimate of drug-likeness (QED) is 0.840. The van der Waals surface area contributed by atoms with E-state index in [2.05, 4.69) is 0 Å². The van der Waals surface area contributed by atoms with Crippen molar-refractivity contribution in [2.75, 3.05) is 25.3 Å². The Morgan fingerprint density at radius 3 is 2.35 bits per heavy atom. The summed E-state index contributed by atoms with van der Waals surface area (Å²) in [6.07, 6.45) is -0.0594. The summed E-state index contributed by atoms with van der Waals surface area (Å²) in [5.41, 5.74) is 0.00877. The van der Waals surface area contributed by atoms with Crippen molar-refractivity contribution in [2.24, 2.45) is 0 Å². The Morgan fingerprint density at radius 2 is 1.83 bits per heavy atom. The highest BCUT2D eigenvalue weighted by Gasteiger charge is 2.50. The summed E-state index contributed by atoms with van der Waals surface area (Å²) >= 11 is 1.71. The van der Waals surface area contributed by atoms with Crippen molar-refractivity contribution < 1.29 is 18.3 Å². The van der Waals surface area contributed by atoms with Gasteiger partial charge in [0.25, 0.3) is 0 Å². The molecule has 6 heteroatoms. The number of methoxy groups -OCH3 is 1. The zero-order valence-corrected chi connectivity index (χ0v) is 14.0. The molecule has 0 spiro atoms. The number of hydrogen-bond donors (Lipinski definition) is 0. The molecule has 2 fully saturated rings. The first-order valence-electron chi connectivity index (χ1n) is 7.86. The van der Waals surface area contributed by atoms with E-state index in [1.165, 1.54) is 0 Å². The van der Waals surface area contributed by atoms with Gasteiger partial charge in [0.15, 0.2) is 0 Å². The van der Waals surface area contributed by atoms with Gasteiger partial charge in [0.2, 0.25) is 11.8 Å². The Morgan fingerprint density at radius 1 is 1.17 bits per heavy atom. The van der Waals surface area contributed by atoms with E-state index in [4.69, 9.17) is 4.74 Å². The first kappa shape index (κ1) is 16.6. The molecular weight excluding hydrogens is 320 g/mol. The molecule has 1 aromatic carbocycles. The van der Waals surface area contributed by atoms with Gasteiger partial charge in [-0.2, -0.15) is 0 Å². The molecule has 0 atom stereocenters. The summed E-state index contributed by atoms with van der Waals surface area (Å²) in [5, 5.41) is 0. The monoisotopic (exact) mass is 341 g/mol. The molecule has 1 amide bonds. The van der Waals surface area contributed by atoms with Crippen LogP contribution in [0.2, 0.25) is 0 Å². The highest BCUT2D eigenvalue weighted by atomic mass is 32.2. The van der Waals surface area contributed by atoms with Crippen molar-refractivity contribution in [1.82, 2.24) is 4.90 Å². The lowest BCUT2D eigenvalue weighted by molar-refractivity contribution is -0.141. The van der Waals surface area contributed by atoms with Crippen LogP contribution in [0.25, 0.3) is 0 Å². The number of thioether (sulfide) groups is 1. The zero-order valence-electron chi connectivity index (χ0n) is 13.2. The fraction of sp³-hybridized carbons (Fsp3) is 0.588. The first-order chi connectivity index (χ1) is 11.0. The van der Waals surface area contributed by atoms with Gasteiger partial charge in [-0.1, -0.05) is 12.1 Å². The molecule has 23 heavy (non-hydrogen) atoms. The molecule has 0 aromatic heterocycles. The van der Waals surface area contributed by atoms with Crippen LogP contribution in [-0.4, -0.2) is 42.0 Å². The van der Waals surface area contributed by atoms with Gasteiger partial charge in [-0.25, -0.2) is 8.78 Å². The molecule has 1 heterocycles. The van der Waals surface area contributed by atoms with E-state index in [-0.39, 0.29) is 31.6 Å². The summed E-state index contributed by atoms with van der Waals surface area (Å²) in [6.45, 7) is 0.706. The van der Waals surface area contributed by atoms with Crippen molar-refractivity contribution in [3.63, 3.8) is 0 Å². The van der Waals surface area contributed by atoms with Crippen LogP contribution in [0, 0.1) is 0 Å². The summed E-state index contributed by atoms with van der Waals surface area (Å²) in [6, 6.07) is 7.30. The molecule has 0 N–H and O–H groups in total. The van der Waals surface area contributed by atoms with Crippen LogP contribution < -0.4 is 4.74 Å². The lowest BCUT2D eigenvalue weighted by Crippen LogP contribution is -2.49. The molecule has 1 aromatic rings. The van der Waals surface area contributed by atoms with E-state index in [1.807, 2.05) is 17.0 Å². The van der Waals surface area contributed by atoms with Crippen LogP contribution >= 0.6 is 11.8 Å². The van der Waals surface area contributed by atoms with Gasteiger partial charge in [0.05, 0.1) is 18.4 Å². The smallest absolute Gasteiger partial charge is 0.248 e. The van der Waals surface area contributed by atoms with Crippen LogP contribution in [0.5, 0.6) is 5.75 Å². The van der Waals surface area contributed by atoms with Crippen LogP contribution in [0.3, 0.4) is 0 Å². The normalized spacial score (nSPS) is 22.8. The number of alkyl halides is 2. The predicted octanol–water partition coefficient (Wildman–Crippen LogP) is 3.68. The number of nitrogens with zero attached hydrogens (tertiary/aromatic N) is 1. The molecule has 1 aliphatic heterocycles. The van der Waals surface area contributed by atoms with Crippen LogP contribution in [0.15, 0.2) is 24.3 Å². The van der Waals surface area contributed by atoms with Crippen molar-refractivity contribution >= 4 is 17.7 Å². The lowest BCUT2D eigenvalue weighted by Gasteiger charge is -2.41. The predicted molar refractivity (Wildman–Crippen MR) is 87.1 cm³/mol. The largest absolute Gasteiger partial charge is 0.497 e. The SMILES string of the molecule is COc1ccc(C2(C(=O)N3CCSC3)CCC(F)(F)CC2)cc1. The molecule has 3 nitrogen and oxygen atoms in total. The van der Waals surface area contributed by atoms with Gasteiger partial charge in [-0.15, -0.1) is 11.8 Å². The number of ether oxygens (including phenoxy) is 1. The minimum absolute atomic E-state index is 0.00293. The van der Waals surface area contributed by atoms with Gasteiger partial charge in [0.1, 0.15) is 5.75 Å². The van der Waals surface area contributed by atoms with Crippen molar-refractivity contribution in [1.29, 1.82) is 0 Å². The second-order valence-corrected chi connectivity index (χ2v) is 7.35. The fourth-order valence-corrected chi connectivity index (χ4v) is 4.40. The molecule has 0 bridgehead atoms. The van der Waals surface area contributed by atoms with Crippen LogP contribution in [0.1, 0.15) is 31.2 Å². The van der Waals surface area contributed by atoms with E-state index < -0.39 is 11.3 Å². The van der Waals surface area contributed by atoms with E-state index in [1.54, 1.807) is 31.0 Å². The second kappa shape index (κ2) is 6.30. The third-order valence-corrected chi connectivity index (χ3v) is 5.89. The maximum atomic E-state index is 13.7. The summed E-state index contributed by atoms with van der Waals surface area (Å²) < 4.78 is 32.5. The maximum Gasteiger partial charge on any atom is 0.248 e. The standard InChI is InChI=1S/C17H21F2NO2S/c1-22-14-4-2-13(3-5-14)16(6-8-17(18,19)9-7-16)15(21)20-10-11-23-12-20/h2-5H,6-12H2,1H3. The average Bonchev–Trinajstić information content (AvgIpc) is 3.09. The minimum atomic E-state index is -2.66. The van der Waals surface area contributed by atoms with Gasteiger partial charge >= 0.3 is 0 Å². The van der Waals surface area contributed by atoms with E-state index in [0.717, 1.165) is 11.3 Å². The molecule has 1 aliphatic carbocycles. The first-order valence-corrected chi connectivity index (χ1v) is 9.02. The Labute approximate surface area is 139 Å². The fourth-order valence-electron chi connectivity index (χ4n) is 3.46. The highest BCUT2D eigenvalue weighted by Crippen LogP contribution is 2.47. The Hall–Kier alpha value is -1.30. The number of carbonyl (C=O) groups is 1. The van der Waals surface area contributed by atoms with E-state index in [9.17, 15) is 13.6 Å². The van der Waals surface area contributed by atoms with Crippen molar-refractivity contribution in [2.45, 2.75) is 37.0 Å². The molecule has 2 aliphatic rings. The van der Waals surface area contributed by atoms with Crippen molar-refractivity contribution in [3.05, 3.63) is 29.8 Å². The second-order valence-electron chi connectivity index (χ2n) is 6.27. The Bertz CT molecular complexity index is 560. The van der Waals surface area contributed by atoms with Crippen LogP contribution in [-0.2, 0) is 10.2 Å². The summed E-state index contributed by atoms with van der Waals surface area (Å²) in [4.78, 5) is 14.9. The van der Waals surface area contributed by atoms with Crippen molar-refractivity contribution in [3.8, 4) is 5.75 Å². The summed E-state index contributed by atoms with van der Waals surface area (Å²) in [7, 11) is 1.58. The van der Waals surface area contributed by atoms with E-state index >= 15 is 0 Å². The highest BCUT2D eigenvalue weighted by molar-refractivity contribution is 7.99. The molecule has 0 radical (unpaired) electrons. The molecule has 3 rings (SSSR count). The minimum Gasteiger partial charge on any atom is -0.497 e. The third kappa shape index (κ3) is 3.18. The van der Waals surface area contributed by atoms with Gasteiger partial charge in [0, 0.05) is 25.1 Å². The Balaban J connectivity index is 1.94. The lowest BCUT2D eigenvalue weighted by atomic mass is 9.67. The maximum absolute atomic E-state index is 13.7. The zero-order chi connectivity index (χ0) is 16.5. The molecular formula is C17H21F2NO2S. The molecule has 1 saturated carbocycles. The van der Waals surface area contributed by atoms with Gasteiger partial charge < -0.3 is 9.64 Å². The van der Waals surface area contributed by atoms with Gasteiger partial charge in [-0.3, -0.25) is 4.79 Å². The number of amides is 1. The number of rotatable bonds is 3. The Kier molecular flexibility index (Phi) is 4.54. The molecule has 0 unspecified atom stereocenters. The number of hydrogen-bond acceptors (Lipinski definition) is 3. The van der Waals surface area contributed by atoms with E-state index in [0.29, 0.717) is 18.2 Å². The van der Waals surface area contributed by atoms with Gasteiger partial charge in [-0.05, 0) is 30.5 Å². The molecule has 1 saturated heterocycles.